The highest BCUT2D eigenvalue weighted by atomic mass is 35.5. The second-order valence-electron chi connectivity index (χ2n) is 9.05. The molecule has 0 saturated carbocycles. The largest absolute Gasteiger partial charge is 0.491 e. The monoisotopic (exact) mass is 508 g/mol. The first-order valence-electron chi connectivity index (χ1n) is 12.0. The topological polar surface area (TPSA) is 72.8 Å². The number of benzene rings is 3. The van der Waals surface area contributed by atoms with Crippen LogP contribution in [0.5, 0.6) is 17.2 Å². The van der Waals surface area contributed by atoms with E-state index in [1.54, 1.807) is 0 Å². The molecular weight excluding hydrogens is 480 g/mol. The molecule has 2 atom stereocenters. The minimum atomic E-state index is -0.692. The highest BCUT2D eigenvalue weighted by molar-refractivity contribution is 6.31. The number of halogens is 1. The van der Waals surface area contributed by atoms with Gasteiger partial charge in [0.25, 0.3) is 0 Å². The highest BCUT2D eigenvalue weighted by Crippen LogP contribution is 2.34. The van der Waals surface area contributed by atoms with Crippen LogP contribution in [-0.4, -0.2) is 54.4 Å². The van der Waals surface area contributed by atoms with Gasteiger partial charge in [-0.2, -0.15) is 0 Å². The normalized spacial score (nSPS) is 17.1. The molecule has 0 unspecified atom stereocenters. The van der Waals surface area contributed by atoms with Crippen molar-refractivity contribution >= 4 is 17.3 Å². The number of ether oxygens (including phenoxy) is 3. The molecule has 0 bridgehead atoms. The van der Waals surface area contributed by atoms with Crippen molar-refractivity contribution in [1.82, 2.24) is 4.90 Å². The van der Waals surface area contributed by atoms with Gasteiger partial charge in [-0.1, -0.05) is 53.2 Å². The lowest BCUT2D eigenvalue weighted by Gasteiger charge is -2.27. The number of hydrogen-bond acceptors (Lipinski definition) is 7. The lowest BCUT2D eigenvalue weighted by molar-refractivity contribution is 0.0212. The maximum atomic E-state index is 10.8. The smallest absolute Gasteiger partial charge is 0.231 e. The summed E-state index contributed by atoms with van der Waals surface area (Å²) in [5.74, 6) is 2.23. The Morgan fingerprint density at radius 3 is 2.75 bits per heavy atom. The zero-order valence-corrected chi connectivity index (χ0v) is 20.9. The fourth-order valence-electron chi connectivity index (χ4n) is 4.39. The number of fused-ring (bicyclic) bond motifs is 1. The average molecular weight is 509 g/mol. The van der Waals surface area contributed by atoms with Crippen LogP contribution < -0.4 is 14.2 Å². The molecule has 3 aromatic carbocycles. The molecule has 0 spiro atoms. The molecule has 7 nitrogen and oxygen atoms in total. The number of aliphatic hydroxyl groups excluding tert-OH is 1. The first-order valence-corrected chi connectivity index (χ1v) is 12.4. The minimum absolute atomic E-state index is 0.155. The predicted octanol–water partition coefficient (Wildman–Crippen LogP) is 4.81. The predicted molar refractivity (Wildman–Crippen MR) is 138 cm³/mol. The molecule has 5 rings (SSSR count). The van der Waals surface area contributed by atoms with Crippen molar-refractivity contribution in [3.63, 3.8) is 0 Å². The fraction of sp³-hybridized carbons (Fsp3) is 0.321. The summed E-state index contributed by atoms with van der Waals surface area (Å²) < 4.78 is 16.8. The Labute approximate surface area is 215 Å². The highest BCUT2D eigenvalue weighted by Gasteiger charge is 2.27. The molecule has 0 amide bonds. The minimum Gasteiger partial charge on any atom is -0.491 e. The quantitative estimate of drug-likeness (QED) is 0.423. The Kier molecular flexibility index (Phi) is 7.60. The molecule has 3 aromatic rings. The molecule has 0 fully saturated rings. The molecular formula is C28H29ClN2O5. The summed E-state index contributed by atoms with van der Waals surface area (Å²) in [6.45, 7) is 3.95. The van der Waals surface area contributed by atoms with E-state index < -0.39 is 6.10 Å². The zero-order chi connectivity index (χ0) is 24.9. The van der Waals surface area contributed by atoms with Crippen molar-refractivity contribution in [2.75, 3.05) is 26.5 Å². The second-order valence-corrected chi connectivity index (χ2v) is 9.46. The van der Waals surface area contributed by atoms with Gasteiger partial charge in [0.1, 0.15) is 24.6 Å². The maximum absolute atomic E-state index is 10.8. The summed E-state index contributed by atoms with van der Waals surface area (Å²) in [6, 6.07) is 21.3. The third kappa shape index (κ3) is 5.93. The number of oxime groups is 1. The third-order valence-electron chi connectivity index (χ3n) is 6.25. The van der Waals surface area contributed by atoms with E-state index in [2.05, 4.69) is 10.1 Å². The van der Waals surface area contributed by atoms with Crippen molar-refractivity contribution in [1.29, 1.82) is 0 Å². The third-order valence-corrected chi connectivity index (χ3v) is 6.61. The van der Waals surface area contributed by atoms with Crippen molar-refractivity contribution in [2.24, 2.45) is 5.16 Å². The Morgan fingerprint density at radius 1 is 1.08 bits per heavy atom. The van der Waals surface area contributed by atoms with E-state index in [9.17, 15) is 5.11 Å². The molecule has 2 heterocycles. The molecule has 0 radical (unpaired) electrons. The van der Waals surface area contributed by atoms with Crippen molar-refractivity contribution in [2.45, 2.75) is 32.1 Å². The Hall–Kier alpha value is -3.26. The van der Waals surface area contributed by atoms with Crippen molar-refractivity contribution in [3.05, 3.63) is 88.4 Å². The summed E-state index contributed by atoms with van der Waals surface area (Å²) in [5, 5.41) is 15.8. The Balaban J connectivity index is 1.23. The summed E-state index contributed by atoms with van der Waals surface area (Å²) in [6.07, 6.45) is -0.200. The summed E-state index contributed by atoms with van der Waals surface area (Å²) in [5.41, 5.74) is 3.83. The van der Waals surface area contributed by atoms with Crippen molar-refractivity contribution in [3.8, 4) is 17.2 Å². The summed E-state index contributed by atoms with van der Waals surface area (Å²) in [4.78, 5) is 7.93. The molecule has 188 valence electrons. The summed E-state index contributed by atoms with van der Waals surface area (Å²) >= 11 is 6.44. The SMILES string of the molecule is Cc1ccccc1OC[C@@H](O)CN(Cc1ccccc1Cl)C[C@H]1CC(c2ccc3c(c2)OCO3)=NO1. The van der Waals surface area contributed by atoms with Crippen LogP contribution in [0.2, 0.25) is 5.02 Å². The van der Waals surface area contributed by atoms with Crippen LogP contribution in [-0.2, 0) is 11.4 Å². The van der Waals surface area contributed by atoms with Gasteiger partial charge in [-0.25, -0.2) is 0 Å². The lowest BCUT2D eigenvalue weighted by atomic mass is 10.0. The Morgan fingerprint density at radius 2 is 1.89 bits per heavy atom. The molecule has 2 aliphatic heterocycles. The van der Waals surface area contributed by atoms with E-state index in [-0.39, 0.29) is 19.5 Å². The number of nitrogens with zero attached hydrogens (tertiary/aromatic N) is 2. The van der Waals surface area contributed by atoms with Crippen LogP contribution in [0.1, 0.15) is 23.1 Å². The fourth-order valence-corrected chi connectivity index (χ4v) is 4.58. The molecule has 0 saturated heterocycles. The van der Waals surface area contributed by atoms with Crippen molar-refractivity contribution < 1.29 is 24.2 Å². The van der Waals surface area contributed by atoms with E-state index in [0.29, 0.717) is 31.1 Å². The van der Waals surface area contributed by atoms with E-state index >= 15 is 0 Å². The van der Waals surface area contributed by atoms with E-state index in [1.165, 1.54) is 0 Å². The average Bonchev–Trinajstić information content (AvgIpc) is 3.54. The second kappa shape index (κ2) is 11.2. The van der Waals surface area contributed by atoms with E-state index in [0.717, 1.165) is 39.7 Å². The Bertz CT molecular complexity index is 1230. The van der Waals surface area contributed by atoms with Gasteiger partial charge in [0.2, 0.25) is 6.79 Å². The van der Waals surface area contributed by atoms with E-state index in [1.807, 2.05) is 73.7 Å². The zero-order valence-electron chi connectivity index (χ0n) is 20.1. The van der Waals surface area contributed by atoms with Crippen LogP contribution in [0.3, 0.4) is 0 Å². The van der Waals surface area contributed by atoms with Gasteiger partial charge in [-0.05, 0) is 48.4 Å². The van der Waals surface area contributed by atoms with Crippen LogP contribution in [0, 0.1) is 6.92 Å². The van der Waals surface area contributed by atoms with E-state index in [4.69, 9.17) is 30.6 Å². The first kappa shape index (κ1) is 24.4. The van der Waals surface area contributed by atoms with Gasteiger partial charge >= 0.3 is 0 Å². The van der Waals surface area contributed by atoms with Gasteiger partial charge < -0.3 is 24.2 Å². The van der Waals surface area contributed by atoms with Gasteiger partial charge in [0.05, 0.1) is 5.71 Å². The van der Waals surface area contributed by atoms with Crippen LogP contribution in [0.4, 0.5) is 0 Å². The maximum Gasteiger partial charge on any atom is 0.231 e. The van der Waals surface area contributed by atoms with Gasteiger partial charge in [0, 0.05) is 36.6 Å². The molecule has 0 aromatic heterocycles. The number of para-hydroxylation sites is 1. The van der Waals surface area contributed by atoms with Gasteiger partial charge in [-0.3, -0.25) is 4.90 Å². The summed E-state index contributed by atoms with van der Waals surface area (Å²) in [7, 11) is 0. The first-order chi connectivity index (χ1) is 17.5. The number of aliphatic hydroxyl groups is 1. The molecule has 0 aliphatic carbocycles. The molecule has 8 heteroatoms. The number of hydrogen-bond donors (Lipinski definition) is 1. The molecule has 1 N–H and O–H groups in total. The standard InChI is InChI=1S/C28H29ClN2O5/c1-19-6-2-5-9-26(19)33-17-22(32)15-31(14-21-7-3-4-8-24(21)29)16-23-13-25(30-36-23)20-10-11-27-28(12-20)35-18-34-27/h2-12,22-23,32H,13-18H2,1H3/t22-,23+/m0/s1. The van der Waals surface area contributed by atoms with Crippen LogP contribution in [0.25, 0.3) is 0 Å². The van der Waals surface area contributed by atoms with Gasteiger partial charge in [0.15, 0.2) is 11.5 Å². The molecule has 36 heavy (non-hydrogen) atoms. The van der Waals surface area contributed by atoms with Crippen LogP contribution in [0.15, 0.2) is 71.9 Å². The number of rotatable bonds is 10. The molecule has 2 aliphatic rings. The van der Waals surface area contributed by atoms with Gasteiger partial charge in [-0.15, -0.1) is 0 Å². The van der Waals surface area contributed by atoms with Crippen LogP contribution >= 0.6 is 11.6 Å². The lowest BCUT2D eigenvalue weighted by Crippen LogP contribution is -2.39. The number of aryl methyl sites for hydroxylation is 1.